The molecule has 7 heteroatoms. The molecule has 0 aliphatic carbocycles. The van der Waals surface area contributed by atoms with Gasteiger partial charge in [0.1, 0.15) is 11.5 Å². The fourth-order valence-corrected chi connectivity index (χ4v) is 5.13. The summed E-state index contributed by atoms with van der Waals surface area (Å²) >= 11 is 6.42. The summed E-state index contributed by atoms with van der Waals surface area (Å²) < 4.78 is 5.30. The molecule has 4 rings (SSSR count). The van der Waals surface area contributed by atoms with Crippen molar-refractivity contribution < 1.29 is 19.4 Å². The third-order valence-electron chi connectivity index (χ3n) is 6.70. The SMILES string of the molecule is CCN(CC)c1ccc(C2/C(=C(\O)c3cc(OC)ccc3Cl)C(=O)C(=O)N2c2cc(C)cc(C)c2)cc1. The van der Waals surface area contributed by atoms with Gasteiger partial charge in [0, 0.05) is 30.0 Å². The molecule has 37 heavy (non-hydrogen) atoms. The topological polar surface area (TPSA) is 70.1 Å². The normalized spacial score (nSPS) is 16.8. The van der Waals surface area contributed by atoms with E-state index in [-0.39, 0.29) is 21.9 Å². The van der Waals surface area contributed by atoms with E-state index in [1.165, 1.54) is 12.0 Å². The van der Waals surface area contributed by atoms with Crippen LogP contribution in [0.2, 0.25) is 5.02 Å². The predicted octanol–water partition coefficient (Wildman–Crippen LogP) is 6.44. The van der Waals surface area contributed by atoms with E-state index in [0.29, 0.717) is 17.0 Å². The van der Waals surface area contributed by atoms with Crippen LogP contribution in [0, 0.1) is 13.8 Å². The molecule has 0 spiro atoms. The summed E-state index contributed by atoms with van der Waals surface area (Å²) in [5.41, 5.74) is 4.46. The van der Waals surface area contributed by atoms with E-state index in [2.05, 4.69) is 18.7 Å². The maximum Gasteiger partial charge on any atom is 0.300 e. The number of aliphatic hydroxyl groups is 1. The lowest BCUT2D eigenvalue weighted by Crippen LogP contribution is -2.29. The lowest BCUT2D eigenvalue weighted by Gasteiger charge is -2.27. The van der Waals surface area contributed by atoms with Crippen molar-refractivity contribution in [2.45, 2.75) is 33.7 Å². The molecular formula is C30H31ClN2O4. The lowest BCUT2D eigenvalue weighted by molar-refractivity contribution is -0.132. The van der Waals surface area contributed by atoms with Crippen molar-refractivity contribution in [1.29, 1.82) is 0 Å². The van der Waals surface area contributed by atoms with Gasteiger partial charge in [-0.3, -0.25) is 14.5 Å². The highest BCUT2D eigenvalue weighted by molar-refractivity contribution is 6.52. The monoisotopic (exact) mass is 518 g/mol. The van der Waals surface area contributed by atoms with Gasteiger partial charge in [-0.1, -0.05) is 29.8 Å². The molecule has 1 heterocycles. The van der Waals surface area contributed by atoms with Gasteiger partial charge in [0.25, 0.3) is 11.7 Å². The van der Waals surface area contributed by atoms with E-state index >= 15 is 0 Å². The van der Waals surface area contributed by atoms with E-state index < -0.39 is 17.7 Å². The Labute approximate surface area is 222 Å². The molecule has 1 amide bonds. The third kappa shape index (κ3) is 4.94. The number of carbonyl (C=O) groups is 2. The van der Waals surface area contributed by atoms with Crippen molar-refractivity contribution in [3.05, 3.63) is 93.5 Å². The quantitative estimate of drug-likeness (QED) is 0.221. The molecule has 3 aromatic rings. The average molecular weight is 519 g/mol. The summed E-state index contributed by atoms with van der Waals surface area (Å²) in [6, 6.07) is 17.5. The number of hydrogen-bond donors (Lipinski definition) is 1. The number of aryl methyl sites for hydroxylation is 2. The second-order valence-corrected chi connectivity index (χ2v) is 9.53. The molecule has 1 saturated heterocycles. The number of methoxy groups -OCH3 is 1. The van der Waals surface area contributed by atoms with Gasteiger partial charge in [-0.05, 0) is 86.8 Å². The van der Waals surface area contributed by atoms with Crippen molar-refractivity contribution in [3.63, 3.8) is 0 Å². The lowest BCUT2D eigenvalue weighted by atomic mass is 9.94. The molecule has 1 atom stereocenters. The molecule has 0 bridgehead atoms. The fraction of sp³-hybridized carbons (Fsp3) is 0.267. The minimum absolute atomic E-state index is 0.0186. The van der Waals surface area contributed by atoms with E-state index in [9.17, 15) is 14.7 Å². The summed E-state index contributed by atoms with van der Waals surface area (Å²) in [4.78, 5) is 30.7. The zero-order chi connectivity index (χ0) is 26.9. The van der Waals surface area contributed by atoms with Gasteiger partial charge < -0.3 is 14.7 Å². The maximum absolute atomic E-state index is 13.5. The Morgan fingerprint density at radius 2 is 1.59 bits per heavy atom. The minimum Gasteiger partial charge on any atom is -0.507 e. The first-order valence-electron chi connectivity index (χ1n) is 12.3. The first kappa shape index (κ1) is 26.3. The van der Waals surface area contributed by atoms with E-state index in [0.717, 1.165) is 29.9 Å². The molecule has 0 aromatic heterocycles. The van der Waals surface area contributed by atoms with Crippen LogP contribution >= 0.6 is 11.6 Å². The van der Waals surface area contributed by atoms with Gasteiger partial charge in [-0.2, -0.15) is 0 Å². The van der Waals surface area contributed by atoms with E-state index in [1.54, 1.807) is 18.2 Å². The number of hydrogen-bond acceptors (Lipinski definition) is 5. The third-order valence-corrected chi connectivity index (χ3v) is 7.02. The number of aliphatic hydroxyl groups excluding tert-OH is 1. The van der Waals surface area contributed by atoms with Gasteiger partial charge in [-0.25, -0.2) is 0 Å². The van der Waals surface area contributed by atoms with Crippen LogP contribution in [0.1, 0.15) is 42.1 Å². The number of amides is 1. The molecule has 0 saturated carbocycles. The number of Topliss-reactive ketones (excluding diaryl/α,β-unsaturated/α-hetero) is 1. The standard InChI is InChI=1S/C30H31ClN2O4/c1-6-32(7-2)21-10-8-20(9-11-21)27-26(28(34)24-17-23(37-5)12-13-25(24)31)29(35)30(36)33(27)22-15-18(3)14-19(4)16-22/h8-17,27,34H,6-7H2,1-5H3/b28-26+. The average Bonchev–Trinajstić information content (AvgIpc) is 3.15. The molecule has 1 aliphatic rings. The largest absolute Gasteiger partial charge is 0.507 e. The van der Waals surface area contributed by atoms with Crippen molar-refractivity contribution >= 4 is 40.4 Å². The number of anilines is 2. The predicted molar refractivity (Wildman–Crippen MR) is 149 cm³/mol. The van der Waals surface area contributed by atoms with Crippen LogP contribution in [0.4, 0.5) is 11.4 Å². The van der Waals surface area contributed by atoms with Crippen LogP contribution in [-0.4, -0.2) is 37.0 Å². The van der Waals surface area contributed by atoms with Crippen LogP contribution in [-0.2, 0) is 9.59 Å². The molecule has 1 unspecified atom stereocenters. The first-order valence-corrected chi connectivity index (χ1v) is 12.7. The van der Waals surface area contributed by atoms with Crippen molar-refractivity contribution in [1.82, 2.24) is 0 Å². The van der Waals surface area contributed by atoms with Crippen molar-refractivity contribution in [3.8, 4) is 5.75 Å². The highest BCUT2D eigenvalue weighted by atomic mass is 35.5. The molecule has 1 fully saturated rings. The number of benzene rings is 3. The fourth-order valence-electron chi connectivity index (χ4n) is 4.92. The molecule has 3 aromatic carbocycles. The highest BCUT2D eigenvalue weighted by Gasteiger charge is 2.47. The summed E-state index contributed by atoms with van der Waals surface area (Å²) in [5.74, 6) is -1.35. The molecule has 0 radical (unpaired) electrons. The van der Waals surface area contributed by atoms with Crippen LogP contribution < -0.4 is 14.5 Å². The maximum atomic E-state index is 13.5. The zero-order valence-electron chi connectivity index (χ0n) is 21.7. The number of halogens is 1. The number of carbonyl (C=O) groups excluding carboxylic acids is 2. The molecular weight excluding hydrogens is 488 g/mol. The van der Waals surface area contributed by atoms with Crippen molar-refractivity contribution in [2.75, 3.05) is 30.0 Å². The van der Waals surface area contributed by atoms with Gasteiger partial charge in [0.05, 0.1) is 23.7 Å². The summed E-state index contributed by atoms with van der Waals surface area (Å²) in [6.45, 7) is 9.76. The Bertz CT molecular complexity index is 1360. The summed E-state index contributed by atoms with van der Waals surface area (Å²) in [5, 5.41) is 11.7. The van der Waals surface area contributed by atoms with Crippen LogP contribution in [0.3, 0.4) is 0 Å². The zero-order valence-corrected chi connectivity index (χ0v) is 22.5. The molecule has 6 nitrogen and oxygen atoms in total. The van der Waals surface area contributed by atoms with E-state index in [4.69, 9.17) is 16.3 Å². The first-order chi connectivity index (χ1) is 17.7. The highest BCUT2D eigenvalue weighted by Crippen LogP contribution is 2.44. The second kappa shape index (κ2) is 10.7. The second-order valence-electron chi connectivity index (χ2n) is 9.12. The van der Waals surface area contributed by atoms with Gasteiger partial charge in [0.15, 0.2) is 0 Å². The van der Waals surface area contributed by atoms with Gasteiger partial charge in [-0.15, -0.1) is 0 Å². The Kier molecular flexibility index (Phi) is 7.60. The Morgan fingerprint density at radius 1 is 0.973 bits per heavy atom. The number of ketones is 1. The van der Waals surface area contributed by atoms with E-state index in [1.807, 2.05) is 56.3 Å². The molecule has 1 aliphatic heterocycles. The van der Waals surface area contributed by atoms with Crippen LogP contribution in [0.15, 0.2) is 66.2 Å². The minimum atomic E-state index is -0.839. The Hall–Kier alpha value is -3.77. The number of ether oxygens (including phenoxy) is 1. The molecule has 192 valence electrons. The van der Waals surface area contributed by atoms with Crippen LogP contribution in [0.25, 0.3) is 5.76 Å². The number of rotatable bonds is 7. The Balaban J connectivity index is 1.95. The smallest absolute Gasteiger partial charge is 0.300 e. The van der Waals surface area contributed by atoms with Gasteiger partial charge >= 0.3 is 0 Å². The summed E-state index contributed by atoms with van der Waals surface area (Å²) in [7, 11) is 1.50. The van der Waals surface area contributed by atoms with Crippen LogP contribution in [0.5, 0.6) is 5.75 Å². The Morgan fingerprint density at radius 3 is 2.16 bits per heavy atom. The summed E-state index contributed by atoms with van der Waals surface area (Å²) in [6.07, 6.45) is 0. The van der Waals surface area contributed by atoms with Gasteiger partial charge in [0.2, 0.25) is 0 Å². The number of nitrogens with zero attached hydrogens (tertiary/aromatic N) is 2. The van der Waals surface area contributed by atoms with Crippen molar-refractivity contribution in [2.24, 2.45) is 0 Å². The molecule has 1 N–H and O–H groups in total.